The highest BCUT2D eigenvalue weighted by atomic mass is 28.4. The first-order chi connectivity index (χ1) is 7.07. The summed E-state index contributed by atoms with van der Waals surface area (Å²) in [6.45, 7) is 15.9. The third-order valence-corrected chi connectivity index (χ3v) is 4.71. The molecule has 0 heterocycles. The summed E-state index contributed by atoms with van der Waals surface area (Å²) in [4.78, 5) is 0. The molecule has 0 aromatic heterocycles. The highest BCUT2D eigenvalue weighted by molar-refractivity contribution is 6.70. The van der Waals surface area contributed by atoms with Gasteiger partial charge in [0.25, 0.3) is 0 Å². The maximum absolute atomic E-state index is 6.26. The summed E-state index contributed by atoms with van der Waals surface area (Å²) in [5.74, 6) is 0.752. The average Bonchev–Trinajstić information content (AvgIpc) is 2.23. The van der Waals surface area contributed by atoms with E-state index in [0.717, 1.165) is 5.92 Å². The van der Waals surface area contributed by atoms with Crippen molar-refractivity contribution in [2.75, 3.05) is 0 Å². The maximum atomic E-state index is 6.26. The minimum atomic E-state index is -1.43. The lowest BCUT2D eigenvalue weighted by molar-refractivity contribution is 0.0679. The van der Waals surface area contributed by atoms with Crippen molar-refractivity contribution in [3.8, 4) is 0 Å². The summed E-state index contributed by atoms with van der Waals surface area (Å²) >= 11 is 0. The van der Waals surface area contributed by atoms with E-state index >= 15 is 0 Å². The summed E-state index contributed by atoms with van der Waals surface area (Å²) in [6, 6.07) is 0. The van der Waals surface area contributed by atoms with E-state index in [0.29, 0.717) is 12.2 Å². The van der Waals surface area contributed by atoms with Crippen molar-refractivity contribution in [3.05, 3.63) is 0 Å². The van der Waals surface area contributed by atoms with Gasteiger partial charge in [0, 0.05) is 0 Å². The highest BCUT2D eigenvalue weighted by Gasteiger charge is 2.38. The van der Waals surface area contributed by atoms with Crippen LogP contribution in [0, 0.1) is 5.92 Å². The van der Waals surface area contributed by atoms with Crippen molar-refractivity contribution in [1.29, 1.82) is 0 Å². The molecule has 4 heteroatoms. The summed E-state index contributed by atoms with van der Waals surface area (Å²) < 4.78 is 12.5. The van der Waals surface area contributed by atoms with Gasteiger partial charge in [-0.15, -0.1) is 0 Å². The molecule has 1 saturated carbocycles. The molecule has 1 aliphatic carbocycles. The second-order valence-electron chi connectivity index (χ2n) is 7.11. The second kappa shape index (κ2) is 4.92. The van der Waals surface area contributed by atoms with Gasteiger partial charge in [0.2, 0.25) is 0 Å². The number of hydrogen-bond donors (Lipinski definition) is 0. The summed E-state index contributed by atoms with van der Waals surface area (Å²) in [5, 5.41) is 0. The van der Waals surface area contributed by atoms with Crippen molar-refractivity contribution < 1.29 is 8.85 Å². The van der Waals surface area contributed by atoms with Gasteiger partial charge in [-0.1, -0.05) is 6.92 Å². The maximum Gasteiger partial charge on any atom is 0.184 e. The summed E-state index contributed by atoms with van der Waals surface area (Å²) in [6.07, 6.45) is 3.07. The third kappa shape index (κ3) is 5.12. The molecular weight excluding hydrogens is 232 g/mol. The van der Waals surface area contributed by atoms with Crippen LogP contribution >= 0.6 is 0 Å². The zero-order valence-electron chi connectivity index (χ0n) is 12.0. The number of hydrogen-bond acceptors (Lipinski definition) is 2. The van der Waals surface area contributed by atoms with Crippen LogP contribution < -0.4 is 0 Å². The molecule has 0 saturated heterocycles. The zero-order valence-corrected chi connectivity index (χ0v) is 14.0. The molecule has 0 aliphatic heterocycles. The van der Waals surface area contributed by atoms with Crippen LogP contribution in [0.2, 0.25) is 39.3 Å². The Bertz CT molecular complexity index is 206. The van der Waals surface area contributed by atoms with Gasteiger partial charge in [0.1, 0.15) is 0 Å². The zero-order chi connectivity index (χ0) is 12.6. The monoisotopic (exact) mass is 260 g/mol. The molecule has 0 spiro atoms. The van der Waals surface area contributed by atoms with E-state index in [-0.39, 0.29) is 0 Å². The fourth-order valence-electron chi connectivity index (χ4n) is 2.35. The molecule has 1 rings (SSSR count). The average molecular weight is 261 g/mol. The molecule has 0 aromatic rings. The number of rotatable bonds is 4. The molecule has 2 atom stereocenters. The van der Waals surface area contributed by atoms with Gasteiger partial charge in [0.15, 0.2) is 16.6 Å². The fraction of sp³-hybridized carbons (Fsp3) is 1.00. The van der Waals surface area contributed by atoms with Gasteiger partial charge in [-0.05, 0) is 58.0 Å². The molecule has 0 N–H and O–H groups in total. The van der Waals surface area contributed by atoms with Gasteiger partial charge in [0.05, 0.1) is 12.2 Å². The Morgan fingerprint density at radius 2 is 1.06 bits per heavy atom. The lowest BCUT2D eigenvalue weighted by Gasteiger charge is -2.31. The Labute approximate surface area is 103 Å². The van der Waals surface area contributed by atoms with Crippen LogP contribution in [0.25, 0.3) is 0 Å². The van der Waals surface area contributed by atoms with Crippen molar-refractivity contribution in [2.24, 2.45) is 5.92 Å². The van der Waals surface area contributed by atoms with Gasteiger partial charge in [-0.3, -0.25) is 0 Å². The Morgan fingerprint density at radius 3 is 1.31 bits per heavy atom. The standard InChI is InChI=1S/C12H28O2Si2/c1-10-8-11(13-15(2,3)4)12(9-10)14-16(5,6)7/h10-12H,8-9H2,1-7H3. The predicted octanol–water partition coefficient (Wildman–Crippen LogP) is 3.86. The molecule has 1 aliphatic rings. The van der Waals surface area contributed by atoms with Crippen molar-refractivity contribution in [3.63, 3.8) is 0 Å². The largest absolute Gasteiger partial charge is 0.412 e. The summed E-state index contributed by atoms with van der Waals surface area (Å²) in [5.41, 5.74) is 0. The van der Waals surface area contributed by atoms with E-state index in [1.54, 1.807) is 0 Å². The Kier molecular flexibility index (Phi) is 4.43. The third-order valence-electron chi connectivity index (χ3n) is 2.69. The molecule has 2 unspecified atom stereocenters. The van der Waals surface area contributed by atoms with Crippen LogP contribution in [0.1, 0.15) is 19.8 Å². The Balaban J connectivity index is 2.60. The molecule has 2 nitrogen and oxygen atoms in total. The smallest absolute Gasteiger partial charge is 0.184 e. The van der Waals surface area contributed by atoms with Crippen molar-refractivity contribution >= 4 is 16.6 Å². The first-order valence-corrected chi connectivity index (χ1v) is 13.2. The molecule has 0 aromatic carbocycles. The molecule has 96 valence electrons. The lowest BCUT2D eigenvalue weighted by atomic mass is 10.1. The second-order valence-corrected chi connectivity index (χ2v) is 16.0. The van der Waals surface area contributed by atoms with Gasteiger partial charge in [-0.25, -0.2) is 0 Å². The fourth-order valence-corrected chi connectivity index (χ4v) is 4.66. The van der Waals surface area contributed by atoms with E-state index in [1.807, 2.05) is 0 Å². The van der Waals surface area contributed by atoms with E-state index in [9.17, 15) is 0 Å². The van der Waals surface area contributed by atoms with Gasteiger partial charge in [-0.2, -0.15) is 0 Å². The van der Waals surface area contributed by atoms with Gasteiger partial charge < -0.3 is 8.85 Å². The molecule has 0 radical (unpaired) electrons. The molecule has 16 heavy (non-hydrogen) atoms. The quantitative estimate of drug-likeness (QED) is 0.715. The van der Waals surface area contributed by atoms with Crippen LogP contribution in [-0.4, -0.2) is 28.8 Å². The molecule has 1 fully saturated rings. The van der Waals surface area contributed by atoms with Crippen LogP contribution in [0.4, 0.5) is 0 Å². The minimum absolute atomic E-state index is 0.355. The van der Waals surface area contributed by atoms with E-state index in [1.165, 1.54) is 12.8 Å². The Morgan fingerprint density at radius 1 is 0.750 bits per heavy atom. The lowest BCUT2D eigenvalue weighted by Crippen LogP contribution is -2.41. The normalized spacial score (nSPS) is 32.1. The van der Waals surface area contributed by atoms with Gasteiger partial charge >= 0.3 is 0 Å². The minimum Gasteiger partial charge on any atom is -0.412 e. The highest BCUT2D eigenvalue weighted by Crippen LogP contribution is 2.33. The SMILES string of the molecule is CC1CC(O[Si](C)(C)C)C(O[Si](C)(C)C)C1. The van der Waals surface area contributed by atoms with Crippen molar-refractivity contribution in [2.45, 2.75) is 71.3 Å². The molecule has 0 amide bonds. The molecular formula is C12H28O2Si2. The first-order valence-electron chi connectivity index (χ1n) is 6.42. The molecule has 0 bridgehead atoms. The van der Waals surface area contributed by atoms with Crippen LogP contribution in [0.15, 0.2) is 0 Å². The summed E-state index contributed by atoms with van der Waals surface area (Å²) in [7, 11) is -2.87. The predicted molar refractivity (Wildman–Crippen MR) is 74.8 cm³/mol. The first kappa shape index (κ1) is 14.4. The Hall–Kier alpha value is 0.354. The van der Waals surface area contributed by atoms with E-state index < -0.39 is 16.6 Å². The van der Waals surface area contributed by atoms with Crippen LogP contribution in [0.3, 0.4) is 0 Å². The van der Waals surface area contributed by atoms with Crippen LogP contribution in [-0.2, 0) is 8.85 Å². The topological polar surface area (TPSA) is 18.5 Å². The van der Waals surface area contributed by atoms with Crippen LogP contribution in [0.5, 0.6) is 0 Å². The van der Waals surface area contributed by atoms with E-state index in [2.05, 4.69) is 46.2 Å². The van der Waals surface area contributed by atoms with E-state index in [4.69, 9.17) is 8.85 Å². The van der Waals surface area contributed by atoms with Crippen molar-refractivity contribution in [1.82, 2.24) is 0 Å².